The van der Waals surface area contributed by atoms with E-state index >= 15 is 0 Å². The highest BCUT2D eigenvalue weighted by Crippen LogP contribution is 2.40. The Morgan fingerprint density at radius 3 is 2.74 bits per heavy atom. The maximum Gasteiger partial charge on any atom is 0.343 e. The molecule has 0 unspecified atom stereocenters. The van der Waals surface area contributed by atoms with Crippen LogP contribution in [0.25, 0.3) is 22.3 Å². The molecule has 178 valence electrons. The molecule has 0 saturated carbocycles. The second kappa shape index (κ2) is 8.07. The summed E-state index contributed by atoms with van der Waals surface area (Å²) in [6.45, 7) is 2.94. The average molecular weight is 487 g/mol. The summed E-state index contributed by atoms with van der Waals surface area (Å²) in [5.41, 5.74) is 0.981. The van der Waals surface area contributed by atoms with Crippen molar-refractivity contribution in [3.05, 3.63) is 62.2 Å². The van der Waals surface area contributed by atoms with Gasteiger partial charge < -0.3 is 19.5 Å². The van der Waals surface area contributed by atoms with E-state index in [0.717, 1.165) is 0 Å². The molecule has 0 aliphatic carbocycles. The highest BCUT2D eigenvalue weighted by Gasteiger charge is 2.45. The summed E-state index contributed by atoms with van der Waals surface area (Å²) in [7, 11) is -1.39. The summed E-state index contributed by atoms with van der Waals surface area (Å²) >= 11 is 0. The number of rotatable bonds is 5. The number of aliphatic hydroxyl groups is 2. The van der Waals surface area contributed by atoms with E-state index in [4.69, 9.17) is 4.74 Å². The zero-order valence-electron chi connectivity index (χ0n) is 18.7. The Labute approximate surface area is 196 Å². The van der Waals surface area contributed by atoms with Crippen LogP contribution in [0.1, 0.15) is 41.2 Å². The smallest absolute Gasteiger partial charge is 0.343 e. The summed E-state index contributed by atoms with van der Waals surface area (Å²) in [6.07, 6.45) is 0.0234. The van der Waals surface area contributed by atoms with Crippen molar-refractivity contribution in [3.8, 4) is 11.4 Å². The summed E-state index contributed by atoms with van der Waals surface area (Å²) in [4.78, 5) is 30.4. The SMILES string of the molecule is CC[C@@]1(O)C(=O)OCc2c1cc1n(c2=O)Cc2c-1nc1cc(F)c(C)cc1c2C[S@@](=O)CCO. The second-order valence-corrected chi connectivity index (χ2v) is 10.2. The standard InChI is InChI=1S/C24H23FN2O6S/c1-3-24(31)17-7-20-21-14(9-27(20)22(29)15(17)10-33-23(24)30)16(11-34(32)5-4-28)13-6-12(2)18(25)8-19(13)26-21/h6-8,28,31H,3-5,9-11H2,1-2H3/t24-,34-/m0/s1. The lowest BCUT2D eigenvalue weighted by Gasteiger charge is -2.31. The molecule has 0 bridgehead atoms. The van der Waals surface area contributed by atoms with Gasteiger partial charge in [0.05, 0.1) is 35.6 Å². The van der Waals surface area contributed by atoms with Crippen molar-refractivity contribution < 1.29 is 28.3 Å². The summed E-state index contributed by atoms with van der Waals surface area (Å²) < 4.78 is 33.6. The fourth-order valence-corrected chi connectivity index (χ4v) is 5.79. The third-order valence-electron chi connectivity index (χ3n) is 6.71. The van der Waals surface area contributed by atoms with Gasteiger partial charge in [-0.1, -0.05) is 6.92 Å². The zero-order chi connectivity index (χ0) is 24.4. The normalized spacial score (nSPS) is 19.5. The predicted octanol–water partition coefficient (Wildman–Crippen LogP) is 1.77. The molecule has 4 heterocycles. The number of pyridine rings is 2. The lowest BCUT2D eigenvalue weighted by molar-refractivity contribution is -0.172. The number of aliphatic hydroxyl groups excluding tert-OH is 1. The van der Waals surface area contributed by atoms with Crippen LogP contribution in [0.4, 0.5) is 4.39 Å². The molecule has 3 aromatic rings. The highest BCUT2D eigenvalue weighted by molar-refractivity contribution is 7.84. The number of hydrogen-bond acceptors (Lipinski definition) is 7. The van der Waals surface area contributed by atoms with E-state index in [1.807, 2.05) is 0 Å². The average Bonchev–Trinajstić information content (AvgIpc) is 3.17. The van der Waals surface area contributed by atoms with Crippen LogP contribution in [0, 0.1) is 12.7 Å². The van der Waals surface area contributed by atoms with Crippen LogP contribution in [-0.2, 0) is 44.8 Å². The minimum atomic E-state index is -1.95. The predicted molar refractivity (Wildman–Crippen MR) is 123 cm³/mol. The van der Waals surface area contributed by atoms with E-state index in [0.29, 0.717) is 39.0 Å². The highest BCUT2D eigenvalue weighted by atomic mass is 32.2. The van der Waals surface area contributed by atoms with Crippen LogP contribution in [0.3, 0.4) is 0 Å². The molecule has 10 heteroatoms. The number of aryl methyl sites for hydroxylation is 1. The van der Waals surface area contributed by atoms with Crippen LogP contribution in [-0.4, -0.2) is 42.3 Å². The number of esters is 1. The third-order valence-corrected chi connectivity index (χ3v) is 7.96. The Hall–Kier alpha value is -2.95. The Morgan fingerprint density at radius 1 is 1.26 bits per heavy atom. The van der Waals surface area contributed by atoms with E-state index < -0.39 is 33.7 Å². The van der Waals surface area contributed by atoms with Crippen LogP contribution in [0.2, 0.25) is 0 Å². The topological polar surface area (TPSA) is 119 Å². The van der Waals surface area contributed by atoms with Gasteiger partial charge in [-0.2, -0.15) is 0 Å². The van der Waals surface area contributed by atoms with Gasteiger partial charge in [0.25, 0.3) is 5.56 Å². The van der Waals surface area contributed by atoms with Crippen molar-refractivity contribution in [2.45, 2.75) is 44.8 Å². The lowest BCUT2D eigenvalue weighted by Crippen LogP contribution is -2.44. The Balaban J connectivity index is 1.80. The van der Waals surface area contributed by atoms with Gasteiger partial charge in [0.1, 0.15) is 12.4 Å². The van der Waals surface area contributed by atoms with Crippen molar-refractivity contribution in [1.29, 1.82) is 0 Å². The first-order valence-corrected chi connectivity index (χ1v) is 12.4. The zero-order valence-corrected chi connectivity index (χ0v) is 19.5. The van der Waals surface area contributed by atoms with E-state index in [1.165, 1.54) is 10.6 Å². The van der Waals surface area contributed by atoms with Gasteiger partial charge >= 0.3 is 5.97 Å². The molecule has 0 amide bonds. The summed E-state index contributed by atoms with van der Waals surface area (Å²) in [5.74, 6) is -1.06. The molecule has 2 atom stereocenters. The van der Waals surface area contributed by atoms with Crippen LogP contribution >= 0.6 is 0 Å². The fourth-order valence-electron chi connectivity index (χ4n) is 4.79. The van der Waals surface area contributed by atoms with E-state index in [-0.39, 0.29) is 48.8 Å². The van der Waals surface area contributed by atoms with Crippen molar-refractivity contribution in [2.75, 3.05) is 12.4 Å². The van der Waals surface area contributed by atoms with Crippen LogP contribution < -0.4 is 5.56 Å². The number of fused-ring (bicyclic) bond motifs is 5. The third kappa shape index (κ3) is 3.24. The molecule has 2 aliphatic rings. The monoisotopic (exact) mass is 486 g/mol. The number of carbonyl (C=O) groups is 1. The maximum absolute atomic E-state index is 14.4. The number of cyclic esters (lactones) is 1. The van der Waals surface area contributed by atoms with Gasteiger partial charge in [-0.15, -0.1) is 0 Å². The first-order valence-electron chi connectivity index (χ1n) is 10.9. The molecule has 2 N–H and O–H groups in total. The molecule has 2 aliphatic heterocycles. The minimum Gasteiger partial charge on any atom is -0.458 e. The quantitative estimate of drug-likeness (QED) is 0.413. The summed E-state index contributed by atoms with van der Waals surface area (Å²) in [6, 6.07) is 4.55. The molecule has 2 aromatic heterocycles. The van der Waals surface area contributed by atoms with E-state index in [1.54, 1.807) is 26.0 Å². The Bertz CT molecular complexity index is 1470. The second-order valence-electron chi connectivity index (χ2n) is 8.65. The molecule has 34 heavy (non-hydrogen) atoms. The van der Waals surface area contributed by atoms with Gasteiger partial charge in [0.15, 0.2) is 5.60 Å². The Kier molecular flexibility index (Phi) is 5.42. The first-order chi connectivity index (χ1) is 16.2. The number of ether oxygens (including phenoxy) is 1. The number of halogens is 1. The molecular weight excluding hydrogens is 463 g/mol. The fraction of sp³-hybridized carbons (Fsp3) is 0.375. The molecule has 1 aromatic carbocycles. The largest absolute Gasteiger partial charge is 0.458 e. The van der Waals surface area contributed by atoms with Gasteiger partial charge in [-0.3, -0.25) is 9.00 Å². The lowest BCUT2D eigenvalue weighted by atomic mass is 9.86. The van der Waals surface area contributed by atoms with Crippen molar-refractivity contribution >= 4 is 27.7 Å². The van der Waals surface area contributed by atoms with Crippen LogP contribution in [0.5, 0.6) is 0 Å². The number of nitrogens with zero attached hydrogens (tertiary/aromatic N) is 2. The van der Waals surface area contributed by atoms with E-state index in [9.17, 15) is 28.4 Å². The number of benzene rings is 1. The first kappa shape index (κ1) is 22.8. The van der Waals surface area contributed by atoms with Crippen molar-refractivity contribution in [1.82, 2.24) is 9.55 Å². The van der Waals surface area contributed by atoms with Crippen molar-refractivity contribution in [3.63, 3.8) is 0 Å². The van der Waals surface area contributed by atoms with Crippen LogP contribution in [0.15, 0.2) is 23.0 Å². The molecule has 0 fully saturated rings. The van der Waals surface area contributed by atoms with Crippen molar-refractivity contribution in [2.24, 2.45) is 0 Å². The Morgan fingerprint density at radius 2 is 2.03 bits per heavy atom. The van der Waals surface area contributed by atoms with Gasteiger partial charge in [0.2, 0.25) is 0 Å². The minimum absolute atomic E-state index is 0.0234. The van der Waals surface area contributed by atoms with Gasteiger partial charge in [-0.05, 0) is 36.6 Å². The molecule has 0 spiro atoms. The van der Waals surface area contributed by atoms with Gasteiger partial charge in [0, 0.05) is 44.9 Å². The van der Waals surface area contributed by atoms with E-state index in [2.05, 4.69) is 4.98 Å². The maximum atomic E-state index is 14.4. The number of carbonyl (C=O) groups excluding carboxylic acids is 1. The number of hydrogen-bond donors (Lipinski definition) is 2. The molecule has 0 radical (unpaired) electrons. The molecule has 5 rings (SSSR count). The summed E-state index contributed by atoms with van der Waals surface area (Å²) in [5, 5.41) is 20.9. The van der Waals surface area contributed by atoms with Gasteiger partial charge in [-0.25, -0.2) is 14.2 Å². The molecular formula is C24H23FN2O6S. The molecule has 0 saturated heterocycles. The molecule has 8 nitrogen and oxygen atoms in total. The number of aromatic nitrogens is 2.